The van der Waals surface area contributed by atoms with Crippen molar-refractivity contribution in [3.05, 3.63) is 47.5 Å². The number of hydrogen-bond acceptors (Lipinski definition) is 2. The summed E-state index contributed by atoms with van der Waals surface area (Å²) in [7, 11) is 0. The van der Waals surface area contributed by atoms with Crippen molar-refractivity contribution in [2.24, 2.45) is 0 Å². The maximum Gasteiger partial charge on any atom is 0.0355 e. The second-order valence-corrected chi connectivity index (χ2v) is 6.81. The molecule has 1 saturated heterocycles. The highest BCUT2D eigenvalue weighted by molar-refractivity contribution is 5.88. The molecule has 0 aliphatic carbocycles. The van der Waals surface area contributed by atoms with E-state index in [1.165, 1.54) is 60.7 Å². The monoisotopic (exact) mass is 310 g/mol. The number of fused-ring (bicyclic) bond motifs is 1. The molecule has 1 heterocycles. The summed E-state index contributed by atoms with van der Waals surface area (Å²) in [6.45, 7) is 9.09. The van der Waals surface area contributed by atoms with Crippen LogP contribution >= 0.6 is 0 Å². The molecule has 2 heteroatoms. The maximum absolute atomic E-state index is 3.49. The average molecular weight is 310 g/mol. The topological polar surface area (TPSA) is 15.3 Å². The summed E-state index contributed by atoms with van der Waals surface area (Å²) in [6.07, 6.45) is 5.24. The molecule has 1 aliphatic heterocycles. The summed E-state index contributed by atoms with van der Waals surface area (Å²) in [5.41, 5.74) is 2.92. The van der Waals surface area contributed by atoms with Gasteiger partial charge in [0, 0.05) is 32.2 Å². The Bertz CT molecular complexity index is 629. The number of benzene rings is 2. The Morgan fingerprint density at radius 3 is 2.48 bits per heavy atom. The minimum absolute atomic E-state index is 0.564. The van der Waals surface area contributed by atoms with Crippen molar-refractivity contribution < 1.29 is 0 Å². The number of unbranched alkanes of at least 4 members (excludes halogenated alkanes) is 2. The highest BCUT2D eigenvalue weighted by Crippen LogP contribution is 2.33. The number of rotatable bonds is 6. The van der Waals surface area contributed by atoms with Gasteiger partial charge in [-0.25, -0.2) is 0 Å². The maximum atomic E-state index is 3.49. The van der Waals surface area contributed by atoms with Crippen LogP contribution in [0.25, 0.3) is 10.8 Å². The Balaban J connectivity index is 1.96. The number of hydrogen-bond donors (Lipinski definition) is 1. The summed E-state index contributed by atoms with van der Waals surface area (Å²) in [5, 5.41) is 6.36. The molecule has 1 N–H and O–H groups in total. The minimum atomic E-state index is 0.564. The lowest BCUT2D eigenvalue weighted by atomic mass is 9.91. The van der Waals surface area contributed by atoms with Gasteiger partial charge >= 0.3 is 0 Å². The average Bonchev–Trinajstić information content (AvgIpc) is 2.61. The predicted octanol–water partition coefficient (Wildman–Crippen LogP) is 4.67. The van der Waals surface area contributed by atoms with Gasteiger partial charge in [-0.1, -0.05) is 62.6 Å². The molecule has 0 unspecified atom stereocenters. The van der Waals surface area contributed by atoms with E-state index in [1.54, 1.807) is 0 Å². The molecule has 1 fully saturated rings. The van der Waals surface area contributed by atoms with Crippen LogP contribution in [0.5, 0.6) is 0 Å². The molecule has 2 aromatic carbocycles. The number of nitrogens with zero attached hydrogens (tertiary/aromatic N) is 1. The first-order valence-electron chi connectivity index (χ1n) is 9.24. The first-order valence-corrected chi connectivity index (χ1v) is 9.24. The normalized spacial score (nSPS) is 17.5. The molecule has 0 saturated carbocycles. The van der Waals surface area contributed by atoms with Crippen molar-refractivity contribution in [2.45, 2.75) is 45.6 Å². The lowest BCUT2D eigenvalue weighted by molar-refractivity contribution is 0.163. The van der Waals surface area contributed by atoms with Gasteiger partial charge in [-0.15, -0.1) is 0 Å². The molecule has 124 valence electrons. The third-order valence-corrected chi connectivity index (χ3v) is 5.21. The van der Waals surface area contributed by atoms with Gasteiger partial charge in [0.25, 0.3) is 0 Å². The van der Waals surface area contributed by atoms with E-state index in [0.29, 0.717) is 6.04 Å². The van der Waals surface area contributed by atoms with Gasteiger partial charge in [-0.2, -0.15) is 0 Å². The zero-order valence-corrected chi connectivity index (χ0v) is 14.6. The fourth-order valence-electron chi connectivity index (χ4n) is 3.88. The van der Waals surface area contributed by atoms with Gasteiger partial charge in [-0.05, 0) is 35.2 Å². The molecule has 0 bridgehead atoms. The van der Waals surface area contributed by atoms with Crippen LogP contribution in [0.2, 0.25) is 0 Å². The van der Waals surface area contributed by atoms with Crippen LogP contribution in [-0.2, 0) is 0 Å². The van der Waals surface area contributed by atoms with Crippen molar-refractivity contribution in [1.29, 1.82) is 0 Å². The van der Waals surface area contributed by atoms with Gasteiger partial charge < -0.3 is 5.32 Å². The fourth-order valence-corrected chi connectivity index (χ4v) is 3.88. The van der Waals surface area contributed by atoms with E-state index >= 15 is 0 Å². The summed E-state index contributed by atoms with van der Waals surface area (Å²) in [5.74, 6) is 0. The molecule has 1 atom stereocenters. The molecule has 0 spiro atoms. The highest BCUT2D eigenvalue weighted by atomic mass is 15.2. The van der Waals surface area contributed by atoms with Crippen LogP contribution in [-0.4, -0.2) is 31.1 Å². The predicted molar refractivity (Wildman–Crippen MR) is 100 cm³/mol. The van der Waals surface area contributed by atoms with Crippen molar-refractivity contribution in [3.63, 3.8) is 0 Å². The third-order valence-electron chi connectivity index (χ3n) is 5.21. The second-order valence-electron chi connectivity index (χ2n) is 6.81. The third kappa shape index (κ3) is 3.76. The van der Waals surface area contributed by atoms with Crippen LogP contribution in [0.1, 0.15) is 49.8 Å². The molecule has 2 aromatic rings. The molecular weight excluding hydrogens is 280 g/mol. The molecular formula is C21H30N2. The van der Waals surface area contributed by atoms with Crippen molar-refractivity contribution >= 4 is 10.8 Å². The Morgan fingerprint density at radius 1 is 1.00 bits per heavy atom. The quantitative estimate of drug-likeness (QED) is 0.780. The van der Waals surface area contributed by atoms with Crippen LogP contribution in [0.3, 0.4) is 0 Å². The Hall–Kier alpha value is -1.38. The molecule has 23 heavy (non-hydrogen) atoms. The van der Waals surface area contributed by atoms with E-state index in [0.717, 1.165) is 13.1 Å². The van der Waals surface area contributed by atoms with E-state index in [4.69, 9.17) is 0 Å². The van der Waals surface area contributed by atoms with Gasteiger partial charge in [0.05, 0.1) is 0 Å². The molecule has 0 radical (unpaired) electrons. The van der Waals surface area contributed by atoms with Gasteiger partial charge in [0.2, 0.25) is 0 Å². The molecule has 2 nitrogen and oxygen atoms in total. The zero-order chi connectivity index (χ0) is 16.1. The number of piperazine rings is 1. The minimum Gasteiger partial charge on any atom is -0.314 e. The lowest BCUT2D eigenvalue weighted by Gasteiger charge is -2.36. The Labute approximate surface area is 140 Å². The van der Waals surface area contributed by atoms with Crippen molar-refractivity contribution in [3.8, 4) is 0 Å². The van der Waals surface area contributed by atoms with E-state index in [1.807, 2.05) is 0 Å². The summed E-state index contributed by atoms with van der Waals surface area (Å²) < 4.78 is 0. The van der Waals surface area contributed by atoms with Gasteiger partial charge in [-0.3, -0.25) is 4.90 Å². The van der Waals surface area contributed by atoms with E-state index < -0.39 is 0 Å². The second kappa shape index (κ2) is 7.94. The van der Waals surface area contributed by atoms with Gasteiger partial charge in [0.15, 0.2) is 0 Å². The van der Waals surface area contributed by atoms with Gasteiger partial charge in [0.1, 0.15) is 0 Å². The smallest absolute Gasteiger partial charge is 0.0355 e. The largest absolute Gasteiger partial charge is 0.314 e. The summed E-state index contributed by atoms with van der Waals surface area (Å²) in [4.78, 5) is 2.70. The fraction of sp³-hybridized carbons (Fsp3) is 0.524. The standard InChI is InChI=1S/C21H30N2/c1-3-4-5-10-21(23-15-13-22-14-16-23)20-12-11-17(2)18-8-6-7-9-19(18)20/h6-9,11-12,21-22H,3-5,10,13-16H2,1-2H3/t21-/m1/s1. The summed E-state index contributed by atoms with van der Waals surface area (Å²) >= 11 is 0. The van der Waals surface area contributed by atoms with E-state index in [-0.39, 0.29) is 0 Å². The van der Waals surface area contributed by atoms with Crippen LogP contribution < -0.4 is 5.32 Å². The molecule has 0 aromatic heterocycles. The summed E-state index contributed by atoms with van der Waals surface area (Å²) in [6, 6.07) is 14.2. The Morgan fingerprint density at radius 2 is 1.74 bits per heavy atom. The van der Waals surface area contributed by atoms with Crippen LogP contribution in [0, 0.1) is 6.92 Å². The van der Waals surface area contributed by atoms with Crippen LogP contribution in [0.4, 0.5) is 0 Å². The SMILES string of the molecule is CCCCC[C@H](c1ccc(C)c2ccccc12)N1CCNCC1. The van der Waals surface area contributed by atoms with Crippen LogP contribution in [0.15, 0.2) is 36.4 Å². The van der Waals surface area contributed by atoms with E-state index in [9.17, 15) is 0 Å². The number of nitrogens with one attached hydrogen (secondary N) is 1. The molecule has 3 rings (SSSR count). The van der Waals surface area contributed by atoms with Crippen molar-refractivity contribution in [2.75, 3.05) is 26.2 Å². The first kappa shape index (κ1) is 16.5. The Kier molecular flexibility index (Phi) is 5.69. The van der Waals surface area contributed by atoms with Crippen molar-refractivity contribution in [1.82, 2.24) is 10.2 Å². The number of aryl methyl sites for hydroxylation is 1. The molecule has 1 aliphatic rings. The first-order chi connectivity index (χ1) is 11.3. The van der Waals surface area contributed by atoms with E-state index in [2.05, 4.69) is 60.5 Å². The molecule has 0 amide bonds. The highest BCUT2D eigenvalue weighted by Gasteiger charge is 2.23. The zero-order valence-electron chi connectivity index (χ0n) is 14.6. The lowest BCUT2D eigenvalue weighted by Crippen LogP contribution is -2.45.